The molecule has 0 bridgehead atoms. The monoisotopic (exact) mass is 430 g/mol. The second-order valence-corrected chi connectivity index (χ2v) is 8.14. The van der Waals surface area contributed by atoms with Crippen LogP contribution in [0, 0.1) is 32.4 Å². The van der Waals surface area contributed by atoms with E-state index in [0.717, 1.165) is 28.8 Å². The molecule has 0 radical (unpaired) electrons. The van der Waals surface area contributed by atoms with Crippen molar-refractivity contribution < 1.29 is 13.6 Å². The Bertz CT molecular complexity index is 1260. The number of anilines is 1. The van der Waals surface area contributed by atoms with E-state index in [0.29, 0.717) is 27.8 Å². The number of hydrogen-bond donors (Lipinski definition) is 0. The molecule has 0 saturated heterocycles. The normalized spacial score (nSPS) is 11.4. The molecule has 0 atom stereocenters. The van der Waals surface area contributed by atoms with E-state index < -0.39 is 11.6 Å². The van der Waals surface area contributed by atoms with E-state index in [-0.39, 0.29) is 18.0 Å². The minimum atomic E-state index is -0.755. The zero-order valence-electron chi connectivity index (χ0n) is 17.0. The molecule has 10 heteroatoms. The lowest BCUT2D eigenvalue weighted by molar-refractivity contribution is 0.0976. The molecule has 0 aliphatic heterocycles. The molecule has 0 N–H and O–H groups in total. The first kappa shape index (κ1) is 20.1. The molecule has 0 fully saturated rings. The van der Waals surface area contributed by atoms with Crippen molar-refractivity contribution in [3.05, 3.63) is 58.7 Å². The second-order valence-electron chi connectivity index (χ2n) is 7.13. The summed E-state index contributed by atoms with van der Waals surface area (Å²) in [6.45, 7) is 6.32. The molecule has 1 aromatic carbocycles. The number of benzene rings is 1. The molecular formula is C20H20F2N6OS. The third kappa shape index (κ3) is 3.70. The van der Waals surface area contributed by atoms with Crippen molar-refractivity contribution in [2.45, 2.75) is 27.3 Å². The van der Waals surface area contributed by atoms with Crippen molar-refractivity contribution in [1.29, 1.82) is 0 Å². The van der Waals surface area contributed by atoms with E-state index in [2.05, 4.69) is 15.2 Å². The number of halogens is 2. The number of carbonyl (C=O) groups excluding carboxylic acids is 1. The van der Waals surface area contributed by atoms with Crippen LogP contribution in [0.25, 0.3) is 10.2 Å². The van der Waals surface area contributed by atoms with Gasteiger partial charge in [-0.25, -0.2) is 13.8 Å². The molecule has 4 aromatic rings. The van der Waals surface area contributed by atoms with Crippen LogP contribution < -0.4 is 4.90 Å². The largest absolute Gasteiger partial charge is 0.281 e. The number of aryl methyl sites for hydroxylation is 4. The highest BCUT2D eigenvalue weighted by atomic mass is 32.1. The summed E-state index contributed by atoms with van der Waals surface area (Å²) in [6.07, 6.45) is 0. The first-order chi connectivity index (χ1) is 14.2. The lowest BCUT2D eigenvalue weighted by atomic mass is 10.3. The molecule has 30 heavy (non-hydrogen) atoms. The number of nitrogens with zero attached hydrogens (tertiary/aromatic N) is 6. The van der Waals surface area contributed by atoms with Crippen molar-refractivity contribution in [2.24, 2.45) is 7.05 Å². The number of thiazole rings is 1. The van der Waals surface area contributed by atoms with Gasteiger partial charge in [-0.2, -0.15) is 10.2 Å². The molecule has 0 saturated carbocycles. The van der Waals surface area contributed by atoms with Gasteiger partial charge in [-0.15, -0.1) is 0 Å². The van der Waals surface area contributed by atoms with Gasteiger partial charge in [-0.3, -0.25) is 19.1 Å². The molecule has 4 rings (SSSR count). The lowest BCUT2D eigenvalue weighted by Crippen LogP contribution is -2.35. The van der Waals surface area contributed by atoms with E-state index in [9.17, 15) is 13.6 Å². The van der Waals surface area contributed by atoms with Crippen LogP contribution in [-0.4, -0.2) is 37.0 Å². The van der Waals surface area contributed by atoms with E-state index >= 15 is 0 Å². The molecule has 156 valence electrons. The summed E-state index contributed by atoms with van der Waals surface area (Å²) >= 11 is 1.07. The van der Waals surface area contributed by atoms with Crippen LogP contribution in [0.15, 0.2) is 24.3 Å². The van der Waals surface area contributed by atoms with E-state index in [1.807, 2.05) is 19.9 Å². The fourth-order valence-electron chi connectivity index (χ4n) is 3.39. The third-order valence-corrected chi connectivity index (χ3v) is 5.76. The standard InChI is InChI=1S/C20H20F2N6OS/c1-11-7-13(3)28(25-11)6-5-27(19(29)16-8-12(2)24-26(16)4)20-23-18-15(22)9-14(21)10-17(18)30-20/h7-10H,5-6H2,1-4H3. The van der Waals surface area contributed by atoms with Crippen LogP contribution in [-0.2, 0) is 13.6 Å². The van der Waals surface area contributed by atoms with Crippen LogP contribution in [0.2, 0.25) is 0 Å². The molecule has 0 unspecified atom stereocenters. The van der Waals surface area contributed by atoms with Gasteiger partial charge < -0.3 is 0 Å². The first-order valence-corrected chi connectivity index (χ1v) is 10.1. The summed E-state index contributed by atoms with van der Waals surface area (Å²) in [7, 11) is 1.69. The second kappa shape index (κ2) is 7.60. The Morgan fingerprint density at radius 1 is 1.10 bits per heavy atom. The first-order valence-electron chi connectivity index (χ1n) is 9.32. The van der Waals surface area contributed by atoms with Gasteiger partial charge in [0.1, 0.15) is 17.0 Å². The lowest BCUT2D eigenvalue weighted by Gasteiger charge is -2.20. The van der Waals surface area contributed by atoms with Crippen LogP contribution in [0.3, 0.4) is 0 Å². The predicted molar refractivity (Wildman–Crippen MR) is 111 cm³/mol. The average molecular weight is 430 g/mol. The van der Waals surface area contributed by atoms with Crippen LogP contribution >= 0.6 is 11.3 Å². The van der Waals surface area contributed by atoms with Gasteiger partial charge in [-0.05, 0) is 39.0 Å². The SMILES string of the molecule is Cc1cc(C(=O)N(CCn2nc(C)cc2C)c2nc3c(F)cc(F)cc3s2)n(C)n1. The van der Waals surface area contributed by atoms with Crippen LogP contribution in [0.5, 0.6) is 0 Å². The maximum absolute atomic E-state index is 14.2. The van der Waals surface area contributed by atoms with E-state index in [1.54, 1.807) is 24.7 Å². The topological polar surface area (TPSA) is 68.8 Å². The molecule has 0 aliphatic rings. The van der Waals surface area contributed by atoms with Gasteiger partial charge in [-0.1, -0.05) is 11.3 Å². The number of aromatic nitrogens is 5. The predicted octanol–water partition coefficient (Wildman–Crippen LogP) is 3.78. The zero-order chi connectivity index (χ0) is 21.6. The molecule has 3 heterocycles. The van der Waals surface area contributed by atoms with Crippen molar-refractivity contribution in [2.75, 3.05) is 11.4 Å². The number of rotatable bonds is 5. The Hall–Kier alpha value is -3.14. The highest BCUT2D eigenvalue weighted by Crippen LogP contribution is 2.32. The van der Waals surface area contributed by atoms with Gasteiger partial charge in [0.05, 0.1) is 22.6 Å². The molecule has 0 spiro atoms. The van der Waals surface area contributed by atoms with E-state index in [1.165, 1.54) is 15.6 Å². The average Bonchev–Trinajstić information content (AvgIpc) is 3.32. The van der Waals surface area contributed by atoms with E-state index in [4.69, 9.17) is 0 Å². The Morgan fingerprint density at radius 3 is 2.47 bits per heavy atom. The summed E-state index contributed by atoms with van der Waals surface area (Å²) in [6, 6.07) is 5.65. The van der Waals surface area contributed by atoms with Crippen molar-refractivity contribution >= 4 is 32.6 Å². The summed E-state index contributed by atoms with van der Waals surface area (Å²) in [5, 5.41) is 8.96. The highest BCUT2D eigenvalue weighted by molar-refractivity contribution is 7.22. The van der Waals surface area contributed by atoms with Gasteiger partial charge in [0, 0.05) is 25.4 Å². The fourth-order valence-corrected chi connectivity index (χ4v) is 4.42. The Morgan fingerprint density at radius 2 is 1.83 bits per heavy atom. The van der Waals surface area contributed by atoms with Crippen molar-refractivity contribution in [1.82, 2.24) is 24.5 Å². The number of hydrogen-bond acceptors (Lipinski definition) is 5. The minimum absolute atomic E-state index is 0.0431. The maximum atomic E-state index is 14.2. The van der Waals surface area contributed by atoms with Gasteiger partial charge in [0.2, 0.25) is 0 Å². The summed E-state index contributed by atoms with van der Waals surface area (Å²) in [4.78, 5) is 19.1. The Kier molecular flexibility index (Phi) is 5.10. The number of amides is 1. The third-order valence-electron chi connectivity index (χ3n) is 4.74. The van der Waals surface area contributed by atoms with Crippen molar-refractivity contribution in [3.8, 4) is 0 Å². The quantitative estimate of drug-likeness (QED) is 0.483. The van der Waals surface area contributed by atoms with Gasteiger partial charge in [0.15, 0.2) is 10.9 Å². The minimum Gasteiger partial charge on any atom is -0.281 e. The zero-order valence-corrected chi connectivity index (χ0v) is 17.8. The van der Waals surface area contributed by atoms with Gasteiger partial charge >= 0.3 is 0 Å². The smallest absolute Gasteiger partial charge is 0.278 e. The number of carbonyl (C=O) groups is 1. The maximum Gasteiger partial charge on any atom is 0.278 e. The number of fused-ring (bicyclic) bond motifs is 1. The Labute approximate surface area is 175 Å². The van der Waals surface area contributed by atoms with Crippen molar-refractivity contribution in [3.63, 3.8) is 0 Å². The van der Waals surface area contributed by atoms with Crippen LogP contribution in [0.4, 0.5) is 13.9 Å². The van der Waals surface area contributed by atoms with Gasteiger partial charge in [0.25, 0.3) is 5.91 Å². The highest BCUT2D eigenvalue weighted by Gasteiger charge is 2.25. The fraction of sp³-hybridized carbons (Fsp3) is 0.300. The summed E-state index contributed by atoms with van der Waals surface area (Å²) < 4.78 is 31.5. The molecule has 1 amide bonds. The molecule has 0 aliphatic carbocycles. The summed E-state index contributed by atoms with van der Waals surface area (Å²) in [5.74, 6) is -1.76. The molecule has 7 nitrogen and oxygen atoms in total. The molecule has 3 aromatic heterocycles. The summed E-state index contributed by atoms with van der Waals surface area (Å²) in [5.41, 5.74) is 2.98. The molecular weight excluding hydrogens is 410 g/mol. The Balaban J connectivity index is 1.74. The van der Waals surface area contributed by atoms with Crippen LogP contribution in [0.1, 0.15) is 27.6 Å².